The summed E-state index contributed by atoms with van der Waals surface area (Å²) in [7, 11) is 1.65. The first-order valence-corrected chi connectivity index (χ1v) is 6.70. The van der Waals surface area contributed by atoms with E-state index in [-0.39, 0.29) is 6.54 Å². The van der Waals surface area contributed by atoms with Crippen molar-refractivity contribution in [2.24, 2.45) is 5.73 Å². The topological polar surface area (TPSA) is 68.7 Å². The number of carbonyl (C=O) groups is 1. The Morgan fingerprint density at radius 1 is 1.48 bits per heavy atom. The largest absolute Gasteiger partial charge is 0.459 e. The Bertz CT molecular complexity index is 650. The van der Waals surface area contributed by atoms with Gasteiger partial charge < -0.3 is 19.8 Å². The standard InChI is InChI=1S/C16H24N2O3/c1-8-12(17)14-10(2)13(20-11(14)3)9-18(7)15(19)21-16(4,5)6/h8H,1,3,9,17H2,2,4-7H3/b14-12+. The summed E-state index contributed by atoms with van der Waals surface area (Å²) in [5.41, 5.74) is 7.17. The van der Waals surface area contributed by atoms with E-state index in [9.17, 15) is 4.79 Å². The molecule has 0 aliphatic carbocycles. The molecule has 5 nitrogen and oxygen atoms in total. The van der Waals surface area contributed by atoms with Crippen molar-refractivity contribution in [1.29, 1.82) is 0 Å². The first-order valence-electron chi connectivity index (χ1n) is 6.70. The molecule has 0 spiro atoms. The minimum atomic E-state index is -0.534. The van der Waals surface area contributed by atoms with Gasteiger partial charge in [-0.3, -0.25) is 0 Å². The van der Waals surface area contributed by atoms with Gasteiger partial charge in [0, 0.05) is 23.5 Å². The van der Waals surface area contributed by atoms with Gasteiger partial charge in [0.1, 0.15) is 16.8 Å². The van der Waals surface area contributed by atoms with Crippen LogP contribution in [0.2, 0.25) is 0 Å². The van der Waals surface area contributed by atoms with Gasteiger partial charge in [-0.25, -0.2) is 4.79 Å². The molecule has 0 bridgehead atoms. The van der Waals surface area contributed by atoms with Gasteiger partial charge in [0.05, 0.1) is 6.54 Å². The monoisotopic (exact) mass is 292 g/mol. The lowest BCUT2D eigenvalue weighted by Crippen LogP contribution is -2.34. The van der Waals surface area contributed by atoms with E-state index in [0.717, 1.165) is 10.8 Å². The number of amides is 1. The van der Waals surface area contributed by atoms with Crippen molar-refractivity contribution < 1.29 is 13.9 Å². The maximum absolute atomic E-state index is 12.0. The summed E-state index contributed by atoms with van der Waals surface area (Å²) in [6, 6.07) is 0. The second-order valence-electron chi connectivity index (χ2n) is 5.94. The van der Waals surface area contributed by atoms with E-state index in [2.05, 4.69) is 13.2 Å². The molecule has 0 radical (unpaired) electrons. The minimum Gasteiger partial charge on any atom is -0.459 e. The van der Waals surface area contributed by atoms with E-state index >= 15 is 0 Å². The van der Waals surface area contributed by atoms with Crippen molar-refractivity contribution in [3.05, 3.63) is 34.6 Å². The number of furan rings is 1. The van der Waals surface area contributed by atoms with E-state index in [1.54, 1.807) is 13.1 Å². The minimum absolute atomic E-state index is 0.285. The first-order chi connectivity index (χ1) is 9.56. The van der Waals surface area contributed by atoms with Crippen LogP contribution < -0.4 is 16.4 Å². The molecule has 1 amide bonds. The third-order valence-electron chi connectivity index (χ3n) is 2.91. The van der Waals surface area contributed by atoms with Crippen LogP contribution in [0.5, 0.6) is 0 Å². The molecule has 0 aliphatic rings. The van der Waals surface area contributed by atoms with E-state index in [4.69, 9.17) is 14.9 Å². The van der Waals surface area contributed by atoms with Gasteiger partial charge in [0.15, 0.2) is 0 Å². The SMILES string of the molecule is C=C/C(N)=c1/c(C)c(CN(C)C(=O)OC(C)(C)C)oc1=C. The molecule has 2 N–H and O–H groups in total. The zero-order valence-corrected chi connectivity index (χ0v) is 13.4. The molecule has 0 aromatic carbocycles. The quantitative estimate of drug-likeness (QED) is 0.919. The van der Waals surface area contributed by atoms with Crippen molar-refractivity contribution in [3.8, 4) is 0 Å². The van der Waals surface area contributed by atoms with Crippen molar-refractivity contribution in [1.82, 2.24) is 4.90 Å². The Labute approximate surface area is 125 Å². The highest BCUT2D eigenvalue weighted by atomic mass is 16.6. The molecular weight excluding hydrogens is 268 g/mol. The molecule has 0 saturated carbocycles. The molecular formula is C16H24N2O3. The fourth-order valence-corrected chi connectivity index (χ4v) is 1.88. The number of hydrogen-bond acceptors (Lipinski definition) is 4. The Kier molecular flexibility index (Phi) is 4.88. The van der Waals surface area contributed by atoms with Crippen molar-refractivity contribution >= 4 is 18.4 Å². The Morgan fingerprint density at radius 2 is 2.05 bits per heavy atom. The third-order valence-corrected chi connectivity index (χ3v) is 2.91. The molecule has 0 fully saturated rings. The van der Waals surface area contributed by atoms with E-state index in [1.165, 1.54) is 4.90 Å². The molecule has 21 heavy (non-hydrogen) atoms. The molecule has 0 aliphatic heterocycles. The molecule has 116 valence electrons. The summed E-state index contributed by atoms with van der Waals surface area (Å²) in [6.07, 6.45) is 1.14. The Hall–Kier alpha value is -2.17. The average Bonchev–Trinajstić information content (AvgIpc) is 2.61. The highest BCUT2D eigenvalue weighted by Gasteiger charge is 2.21. The molecule has 0 atom stereocenters. The lowest BCUT2D eigenvalue weighted by atomic mass is 10.2. The average molecular weight is 292 g/mol. The molecule has 0 saturated heterocycles. The van der Waals surface area contributed by atoms with Crippen LogP contribution in [0.25, 0.3) is 12.3 Å². The number of ether oxygens (including phenoxy) is 1. The van der Waals surface area contributed by atoms with Gasteiger partial charge in [-0.2, -0.15) is 0 Å². The van der Waals surface area contributed by atoms with Crippen molar-refractivity contribution in [2.45, 2.75) is 39.8 Å². The number of carbonyl (C=O) groups excluding carboxylic acids is 1. The van der Waals surface area contributed by atoms with Gasteiger partial charge in [-0.15, -0.1) is 0 Å². The summed E-state index contributed by atoms with van der Waals surface area (Å²) in [6.45, 7) is 15.1. The Balaban J connectivity index is 3.03. The van der Waals surface area contributed by atoms with Crippen LogP contribution in [-0.4, -0.2) is 23.6 Å². The fourth-order valence-electron chi connectivity index (χ4n) is 1.88. The smallest absolute Gasteiger partial charge is 0.410 e. The number of hydrogen-bond donors (Lipinski definition) is 1. The van der Waals surface area contributed by atoms with E-state index in [1.807, 2.05) is 27.7 Å². The summed E-state index contributed by atoms with van der Waals surface area (Å²) < 4.78 is 10.9. The number of rotatable bonds is 3. The highest BCUT2D eigenvalue weighted by Crippen LogP contribution is 2.12. The van der Waals surface area contributed by atoms with E-state index in [0.29, 0.717) is 16.9 Å². The molecule has 1 aromatic rings. The van der Waals surface area contributed by atoms with Gasteiger partial charge in [0.25, 0.3) is 0 Å². The molecule has 1 aromatic heterocycles. The van der Waals surface area contributed by atoms with Crippen LogP contribution in [0, 0.1) is 6.92 Å². The normalized spacial score (nSPS) is 12.8. The predicted octanol–water partition coefficient (Wildman–Crippen LogP) is 1.62. The lowest BCUT2D eigenvalue weighted by Gasteiger charge is -2.24. The molecule has 1 heterocycles. The lowest BCUT2D eigenvalue weighted by molar-refractivity contribution is 0.0273. The van der Waals surface area contributed by atoms with E-state index < -0.39 is 11.7 Å². The molecule has 1 rings (SSSR count). The number of nitrogens with two attached hydrogens (primary N) is 1. The second-order valence-corrected chi connectivity index (χ2v) is 5.94. The van der Waals surface area contributed by atoms with Crippen LogP contribution in [0.4, 0.5) is 4.79 Å². The highest BCUT2D eigenvalue weighted by molar-refractivity contribution is 5.67. The third kappa shape index (κ3) is 4.15. The van der Waals surface area contributed by atoms with Crippen LogP contribution in [0.3, 0.4) is 0 Å². The molecule has 5 heteroatoms. The Morgan fingerprint density at radius 3 is 2.52 bits per heavy atom. The van der Waals surface area contributed by atoms with Gasteiger partial charge in [-0.1, -0.05) is 13.2 Å². The van der Waals surface area contributed by atoms with Crippen LogP contribution in [0.1, 0.15) is 32.1 Å². The van der Waals surface area contributed by atoms with Crippen LogP contribution in [-0.2, 0) is 11.3 Å². The van der Waals surface area contributed by atoms with Crippen molar-refractivity contribution in [3.63, 3.8) is 0 Å². The predicted molar refractivity (Wildman–Crippen MR) is 83.7 cm³/mol. The second kappa shape index (κ2) is 6.08. The van der Waals surface area contributed by atoms with Gasteiger partial charge in [0.2, 0.25) is 0 Å². The first kappa shape index (κ1) is 16.9. The number of nitrogens with zero attached hydrogens (tertiary/aromatic N) is 1. The zero-order chi connectivity index (χ0) is 16.4. The zero-order valence-electron chi connectivity index (χ0n) is 13.4. The summed E-state index contributed by atoms with van der Waals surface area (Å²) in [4.78, 5) is 13.4. The maximum atomic E-state index is 12.0. The summed E-state index contributed by atoms with van der Waals surface area (Å²) in [5.74, 6) is 0.633. The molecule has 0 unspecified atom stereocenters. The van der Waals surface area contributed by atoms with Gasteiger partial charge in [-0.05, 0) is 33.8 Å². The van der Waals surface area contributed by atoms with Gasteiger partial charge >= 0.3 is 6.09 Å². The maximum Gasteiger partial charge on any atom is 0.410 e. The van der Waals surface area contributed by atoms with Crippen LogP contribution in [0.15, 0.2) is 17.1 Å². The van der Waals surface area contributed by atoms with Crippen molar-refractivity contribution in [2.75, 3.05) is 7.05 Å². The summed E-state index contributed by atoms with van der Waals surface area (Å²) in [5, 5.41) is 0.734. The van der Waals surface area contributed by atoms with Crippen LogP contribution >= 0.6 is 0 Å². The fraction of sp³-hybridized carbons (Fsp3) is 0.438. The summed E-state index contributed by atoms with van der Waals surface area (Å²) >= 11 is 0.